The highest BCUT2D eigenvalue weighted by Crippen LogP contribution is 2.30. The van der Waals surface area contributed by atoms with E-state index in [2.05, 4.69) is 5.16 Å². The lowest BCUT2D eigenvalue weighted by Gasteiger charge is -2.12. The molecule has 0 saturated carbocycles. The highest BCUT2D eigenvalue weighted by molar-refractivity contribution is 7.88. The highest BCUT2D eigenvalue weighted by Gasteiger charge is 2.22. The Kier molecular flexibility index (Phi) is 6.90. The molecule has 2 aromatic heterocycles. The Balaban J connectivity index is 1.65. The van der Waals surface area contributed by atoms with Gasteiger partial charge < -0.3 is 23.2 Å². The van der Waals surface area contributed by atoms with Gasteiger partial charge in [-0.3, -0.25) is 0 Å². The van der Waals surface area contributed by atoms with Gasteiger partial charge in [0.25, 0.3) is 10.0 Å². The van der Waals surface area contributed by atoms with E-state index < -0.39 is 16.0 Å². The number of hydrogen-bond donors (Lipinski definition) is 0. The van der Waals surface area contributed by atoms with Gasteiger partial charge in [-0.1, -0.05) is 5.16 Å². The smallest absolute Gasteiger partial charge is 0.338 e. The standard InChI is InChI=1S/C21H24N2O8S/c1-13-17(14(2)31-22-13)12-28-18-8-6-15(10-19(18)27-5)21(24)29-11-16-7-9-20(30-16)32(25,26)23(3)4/h6-10H,11-12H2,1-5H3. The molecule has 3 aromatic rings. The fraction of sp³-hybridized carbons (Fsp3) is 0.333. The van der Waals surface area contributed by atoms with Crippen molar-refractivity contribution in [3.63, 3.8) is 0 Å². The Hall–Kier alpha value is -3.31. The predicted octanol–water partition coefficient (Wildman–Crippen LogP) is 3.08. The van der Waals surface area contributed by atoms with E-state index >= 15 is 0 Å². The van der Waals surface area contributed by atoms with Crippen molar-refractivity contribution in [2.24, 2.45) is 0 Å². The van der Waals surface area contributed by atoms with E-state index in [-0.39, 0.29) is 29.6 Å². The lowest BCUT2D eigenvalue weighted by molar-refractivity contribution is 0.0440. The maximum atomic E-state index is 12.4. The van der Waals surface area contributed by atoms with E-state index in [0.717, 1.165) is 15.6 Å². The number of hydrogen-bond acceptors (Lipinski definition) is 9. The van der Waals surface area contributed by atoms with Crippen LogP contribution in [0.5, 0.6) is 11.5 Å². The summed E-state index contributed by atoms with van der Waals surface area (Å²) in [5, 5.41) is 3.66. The molecule has 0 atom stereocenters. The van der Waals surface area contributed by atoms with Crippen LogP contribution in [0.2, 0.25) is 0 Å². The minimum absolute atomic E-state index is 0.199. The summed E-state index contributed by atoms with van der Waals surface area (Å²) in [7, 11) is 0.550. The van der Waals surface area contributed by atoms with Crippen LogP contribution in [0.1, 0.15) is 33.1 Å². The molecule has 0 aliphatic rings. The number of ether oxygens (including phenoxy) is 3. The zero-order valence-electron chi connectivity index (χ0n) is 18.4. The highest BCUT2D eigenvalue weighted by atomic mass is 32.2. The molecule has 0 saturated heterocycles. The number of methoxy groups -OCH3 is 1. The first-order chi connectivity index (χ1) is 15.1. The van der Waals surface area contributed by atoms with Crippen LogP contribution in [0.25, 0.3) is 0 Å². The maximum absolute atomic E-state index is 12.4. The molecule has 10 nitrogen and oxygen atoms in total. The summed E-state index contributed by atoms with van der Waals surface area (Å²) in [5.74, 6) is 1.03. The Morgan fingerprint density at radius 1 is 1.09 bits per heavy atom. The number of benzene rings is 1. The van der Waals surface area contributed by atoms with Gasteiger partial charge in [-0.15, -0.1) is 0 Å². The van der Waals surface area contributed by atoms with Gasteiger partial charge in [0.15, 0.2) is 11.5 Å². The predicted molar refractivity (Wildman–Crippen MR) is 112 cm³/mol. The van der Waals surface area contributed by atoms with Crippen LogP contribution in [0.15, 0.2) is 44.4 Å². The second kappa shape index (κ2) is 9.45. The SMILES string of the molecule is COc1cc(C(=O)OCc2ccc(S(=O)(=O)N(C)C)o2)ccc1OCc1c(C)noc1C. The lowest BCUT2D eigenvalue weighted by atomic mass is 10.2. The number of esters is 1. The van der Waals surface area contributed by atoms with Gasteiger partial charge in [-0.05, 0) is 44.2 Å². The number of aryl methyl sites for hydroxylation is 2. The van der Waals surface area contributed by atoms with E-state index in [1.807, 2.05) is 6.92 Å². The van der Waals surface area contributed by atoms with E-state index in [9.17, 15) is 13.2 Å². The zero-order valence-corrected chi connectivity index (χ0v) is 19.2. The normalized spacial score (nSPS) is 11.6. The quantitative estimate of drug-likeness (QED) is 0.440. The van der Waals surface area contributed by atoms with Crippen LogP contribution < -0.4 is 9.47 Å². The maximum Gasteiger partial charge on any atom is 0.338 e. The molecule has 11 heteroatoms. The zero-order chi connectivity index (χ0) is 23.5. The Bertz CT molecular complexity index is 1190. The molecule has 0 spiro atoms. The van der Waals surface area contributed by atoms with Gasteiger partial charge in [0.05, 0.1) is 23.9 Å². The average molecular weight is 464 g/mol. The summed E-state index contributed by atoms with van der Waals surface area (Å²) >= 11 is 0. The molecule has 0 aliphatic heterocycles. The number of rotatable bonds is 9. The molecule has 0 N–H and O–H groups in total. The van der Waals surface area contributed by atoms with Crippen LogP contribution in [0.4, 0.5) is 0 Å². The van der Waals surface area contributed by atoms with Crippen molar-refractivity contribution >= 4 is 16.0 Å². The van der Waals surface area contributed by atoms with E-state index in [4.69, 9.17) is 23.2 Å². The van der Waals surface area contributed by atoms with Crippen LogP contribution in [-0.2, 0) is 28.0 Å². The molecule has 0 amide bonds. The second-order valence-electron chi connectivity index (χ2n) is 7.04. The van der Waals surface area contributed by atoms with Gasteiger partial charge in [0, 0.05) is 14.1 Å². The summed E-state index contributed by atoms with van der Waals surface area (Å²) in [6.45, 7) is 3.63. The van der Waals surface area contributed by atoms with Crippen molar-refractivity contribution in [3.8, 4) is 11.5 Å². The van der Waals surface area contributed by atoms with Crippen LogP contribution in [0, 0.1) is 13.8 Å². The molecular formula is C21H24N2O8S. The summed E-state index contributed by atoms with van der Waals surface area (Å²) in [5.41, 5.74) is 1.81. The number of aromatic nitrogens is 1. The van der Waals surface area contributed by atoms with Crippen molar-refractivity contribution in [3.05, 3.63) is 58.7 Å². The van der Waals surface area contributed by atoms with Crippen molar-refractivity contribution in [2.45, 2.75) is 32.2 Å². The van der Waals surface area contributed by atoms with Crippen molar-refractivity contribution in [1.82, 2.24) is 9.46 Å². The van der Waals surface area contributed by atoms with Gasteiger partial charge in [-0.25, -0.2) is 17.5 Å². The van der Waals surface area contributed by atoms with Crippen molar-refractivity contribution in [1.29, 1.82) is 0 Å². The molecule has 172 valence electrons. The number of furan rings is 1. The fourth-order valence-electron chi connectivity index (χ4n) is 2.75. The molecule has 0 fully saturated rings. The average Bonchev–Trinajstić information content (AvgIpc) is 3.37. The summed E-state index contributed by atoms with van der Waals surface area (Å²) in [4.78, 5) is 12.4. The Morgan fingerprint density at radius 2 is 1.84 bits per heavy atom. The van der Waals surface area contributed by atoms with Gasteiger partial charge in [0.1, 0.15) is 24.7 Å². The molecular weight excluding hydrogens is 440 g/mol. The van der Waals surface area contributed by atoms with Crippen molar-refractivity contribution in [2.75, 3.05) is 21.2 Å². The third-order valence-corrected chi connectivity index (χ3v) is 6.36. The summed E-state index contributed by atoms with van der Waals surface area (Å²) in [6, 6.07) is 7.39. The lowest BCUT2D eigenvalue weighted by Crippen LogP contribution is -2.21. The number of nitrogens with zero attached hydrogens (tertiary/aromatic N) is 2. The molecule has 1 aromatic carbocycles. The van der Waals surface area contributed by atoms with E-state index in [1.54, 1.807) is 13.0 Å². The Labute approximate surface area is 185 Å². The van der Waals surface area contributed by atoms with Gasteiger partial charge >= 0.3 is 5.97 Å². The first-order valence-electron chi connectivity index (χ1n) is 9.54. The van der Waals surface area contributed by atoms with Gasteiger partial charge in [-0.2, -0.15) is 0 Å². The fourth-order valence-corrected chi connectivity index (χ4v) is 3.56. The molecule has 2 heterocycles. The molecule has 0 radical (unpaired) electrons. The molecule has 32 heavy (non-hydrogen) atoms. The number of carbonyl (C=O) groups excluding carboxylic acids is 1. The third kappa shape index (κ3) is 4.94. The first-order valence-corrected chi connectivity index (χ1v) is 11.0. The first kappa shape index (κ1) is 23.4. The largest absolute Gasteiger partial charge is 0.493 e. The minimum Gasteiger partial charge on any atom is -0.493 e. The molecule has 0 aliphatic carbocycles. The third-order valence-electron chi connectivity index (χ3n) is 4.67. The van der Waals surface area contributed by atoms with E-state index in [0.29, 0.717) is 17.3 Å². The van der Waals surface area contributed by atoms with Gasteiger partial charge in [0.2, 0.25) is 5.09 Å². The molecule has 0 unspecified atom stereocenters. The van der Waals surface area contributed by atoms with Crippen LogP contribution in [0.3, 0.4) is 0 Å². The van der Waals surface area contributed by atoms with Crippen LogP contribution >= 0.6 is 0 Å². The monoisotopic (exact) mass is 464 g/mol. The number of sulfonamides is 1. The van der Waals surface area contributed by atoms with E-state index in [1.165, 1.54) is 45.5 Å². The molecule has 0 bridgehead atoms. The Morgan fingerprint density at radius 3 is 2.47 bits per heavy atom. The summed E-state index contributed by atoms with van der Waals surface area (Å²) < 4.78 is 51.9. The van der Waals surface area contributed by atoms with Crippen LogP contribution in [-0.4, -0.2) is 45.1 Å². The van der Waals surface area contributed by atoms with Crippen molar-refractivity contribution < 1.29 is 36.4 Å². The minimum atomic E-state index is -3.70. The topological polar surface area (TPSA) is 121 Å². The summed E-state index contributed by atoms with van der Waals surface area (Å²) in [6.07, 6.45) is 0. The second-order valence-corrected chi connectivity index (χ2v) is 9.12. The number of carbonyl (C=O) groups is 1. The molecule has 3 rings (SSSR count).